The van der Waals surface area contributed by atoms with Gasteiger partial charge in [0.2, 0.25) is 0 Å². The van der Waals surface area contributed by atoms with Gasteiger partial charge >= 0.3 is 5.97 Å². The molecule has 0 aromatic carbocycles. The summed E-state index contributed by atoms with van der Waals surface area (Å²) in [5.74, 6) is -0.688. The van der Waals surface area contributed by atoms with Crippen molar-refractivity contribution in [3.63, 3.8) is 0 Å². The van der Waals surface area contributed by atoms with Gasteiger partial charge in [0.15, 0.2) is 5.69 Å². The predicted molar refractivity (Wildman–Crippen MR) is 73.3 cm³/mol. The number of carboxylic acid groups (broad SMARTS) is 1. The van der Waals surface area contributed by atoms with Crippen molar-refractivity contribution in [1.29, 1.82) is 0 Å². The second-order valence-corrected chi connectivity index (χ2v) is 4.66. The first-order valence-electron chi connectivity index (χ1n) is 5.14. The van der Waals surface area contributed by atoms with E-state index in [1.54, 1.807) is 12.3 Å². The normalized spacial score (nSPS) is 10.2. The largest absolute Gasteiger partial charge is 0.476 e. The zero-order valence-electron chi connectivity index (χ0n) is 9.79. The van der Waals surface area contributed by atoms with Gasteiger partial charge in [0.25, 0.3) is 0 Å². The van der Waals surface area contributed by atoms with Gasteiger partial charge in [0.1, 0.15) is 5.82 Å². The van der Waals surface area contributed by atoms with E-state index in [0.717, 1.165) is 4.90 Å². The fourth-order valence-electron chi connectivity index (χ4n) is 1.40. The maximum Gasteiger partial charge on any atom is 0.358 e. The monoisotopic (exact) mass is 296 g/mol. The van der Waals surface area contributed by atoms with Crippen molar-refractivity contribution in [3.05, 3.63) is 35.2 Å². The van der Waals surface area contributed by atoms with Gasteiger partial charge in [-0.25, -0.2) is 9.78 Å². The van der Waals surface area contributed by atoms with Crippen molar-refractivity contribution in [2.45, 2.75) is 4.90 Å². The molecule has 0 atom stereocenters. The lowest BCUT2D eigenvalue weighted by molar-refractivity contribution is 0.0690. The van der Waals surface area contributed by atoms with Crippen LogP contribution >= 0.6 is 23.4 Å². The molecule has 2 N–H and O–H groups in total. The van der Waals surface area contributed by atoms with Gasteiger partial charge in [0, 0.05) is 11.1 Å². The predicted octanol–water partition coefficient (Wildman–Crippen LogP) is 2.69. The van der Waals surface area contributed by atoms with Crippen molar-refractivity contribution in [2.75, 3.05) is 11.6 Å². The number of hydrogen-bond acceptors (Lipinski definition) is 6. The minimum atomic E-state index is -1.21. The number of nitrogens with zero attached hydrogens (tertiary/aromatic N) is 3. The van der Waals surface area contributed by atoms with E-state index in [1.165, 1.54) is 18.0 Å². The summed E-state index contributed by atoms with van der Waals surface area (Å²) < 4.78 is 0. The first kappa shape index (κ1) is 13.6. The highest BCUT2D eigenvalue weighted by atomic mass is 35.5. The van der Waals surface area contributed by atoms with Gasteiger partial charge in [-0.05, 0) is 18.4 Å². The van der Waals surface area contributed by atoms with Crippen LogP contribution in [0.15, 0.2) is 29.4 Å². The molecule has 0 aliphatic rings. The fourth-order valence-corrected chi connectivity index (χ4v) is 2.09. The van der Waals surface area contributed by atoms with Gasteiger partial charge in [-0.3, -0.25) is 0 Å². The number of rotatable bonds is 4. The number of halogens is 1. The van der Waals surface area contributed by atoms with Crippen LogP contribution in [0.5, 0.6) is 0 Å². The Bertz CT molecular complexity index is 623. The molecule has 0 fully saturated rings. The molecule has 2 rings (SSSR count). The van der Waals surface area contributed by atoms with E-state index in [0.29, 0.717) is 5.82 Å². The number of anilines is 2. The van der Waals surface area contributed by atoms with Crippen LogP contribution in [0.1, 0.15) is 10.5 Å². The number of aromatic nitrogens is 3. The highest BCUT2D eigenvalue weighted by Crippen LogP contribution is 2.30. The molecule has 0 aliphatic carbocycles. The van der Waals surface area contributed by atoms with E-state index in [2.05, 4.69) is 20.5 Å². The second kappa shape index (κ2) is 5.85. The molecule has 0 spiro atoms. The highest BCUT2D eigenvalue weighted by Gasteiger charge is 2.17. The van der Waals surface area contributed by atoms with E-state index in [4.69, 9.17) is 16.7 Å². The van der Waals surface area contributed by atoms with Crippen molar-refractivity contribution < 1.29 is 9.90 Å². The fraction of sp³-hybridized carbons (Fsp3) is 0.0909. The maximum atomic E-state index is 11.1. The Balaban J connectivity index is 2.46. The summed E-state index contributed by atoms with van der Waals surface area (Å²) in [5, 5.41) is 19.2. The number of aromatic carboxylic acids is 1. The van der Waals surface area contributed by atoms with Gasteiger partial charge in [-0.2, -0.15) is 5.10 Å². The molecular formula is C11H9ClN4O2S. The molecule has 19 heavy (non-hydrogen) atoms. The van der Waals surface area contributed by atoms with E-state index in [9.17, 15) is 4.79 Å². The molecule has 6 nitrogen and oxygen atoms in total. The third-order valence-corrected chi connectivity index (χ3v) is 3.30. The Morgan fingerprint density at radius 2 is 2.32 bits per heavy atom. The summed E-state index contributed by atoms with van der Waals surface area (Å²) in [7, 11) is 0. The van der Waals surface area contributed by atoms with E-state index < -0.39 is 5.97 Å². The van der Waals surface area contributed by atoms with Crippen LogP contribution in [0.4, 0.5) is 11.5 Å². The van der Waals surface area contributed by atoms with Gasteiger partial charge in [-0.1, -0.05) is 11.6 Å². The Hall–Kier alpha value is -1.86. The Kier molecular flexibility index (Phi) is 4.18. The average Bonchev–Trinajstić information content (AvgIpc) is 2.41. The minimum absolute atomic E-state index is 0.171. The molecule has 0 unspecified atom stereocenters. The second-order valence-electron chi connectivity index (χ2n) is 3.40. The van der Waals surface area contributed by atoms with Gasteiger partial charge in [0.05, 0.1) is 16.9 Å². The lowest BCUT2D eigenvalue weighted by atomic mass is 10.3. The number of carbonyl (C=O) groups is 1. The Morgan fingerprint density at radius 1 is 1.53 bits per heavy atom. The van der Waals surface area contributed by atoms with Crippen molar-refractivity contribution in [3.8, 4) is 0 Å². The van der Waals surface area contributed by atoms with E-state index in [-0.39, 0.29) is 16.4 Å². The summed E-state index contributed by atoms with van der Waals surface area (Å²) in [6.45, 7) is 0. The SMILES string of the molecule is CSc1cccnc1Nc1c(Cl)cnnc1C(=O)O. The number of thioether (sulfide) groups is 1. The molecule has 2 heterocycles. The molecule has 2 aromatic rings. The molecule has 0 bridgehead atoms. The lowest BCUT2D eigenvalue weighted by Gasteiger charge is -2.11. The highest BCUT2D eigenvalue weighted by molar-refractivity contribution is 7.98. The molecule has 0 aliphatic heterocycles. The Morgan fingerprint density at radius 3 is 3.00 bits per heavy atom. The van der Waals surface area contributed by atoms with E-state index in [1.807, 2.05) is 12.3 Å². The summed E-state index contributed by atoms with van der Waals surface area (Å²) in [4.78, 5) is 16.1. The number of pyridine rings is 1. The van der Waals surface area contributed by atoms with Crippen molar-refractivity contribution >= 4 is 40.8 Å². The third kappa shape index (κ3) is 2.94. The summed E-state index contributed by atoms with van der Waals surface area (Å²) in [6.07, 6.45) is 4.77. The van der Waals surface area contributed by atoms with Crippen LogP contribution in [0, 0.1) is 0 Å². The molecule has 0 radical (unpaired) electrons. The summed E-state index contributed by atoms with van der Waals surface area (Å²) in [5.41, 5.74) is -0.0663. The van der Waals surface area contributed by atoms with Crippen molar-refractivity contribution in [2.24, 2.45) is 0 Å². The molecule has 0 amide bonds. The first-order chi connectivity index (χ1) is 9.13. The van der Waals surface area contributed by atoms with Crippen LogP contribution in [0.3, 0.4) is 0 Å². The van der Waals surface area contributed by atoms with Gasteiger partial charge < -0.3 is 10.4 Å². The summed E-state index contributed by atoms with van der Waals surface area (Å²) in [6, 6.07) is 3.66. The zero-order valence-corrected chi connectivity index (χ0v) is 11.4. The van der Waals surface area contributed by atoms with Crippen molar-refractivity contribution in [1.82, 2.24) is 15.2 Å². The number of nitrogens with one attached hydrogen (secondary N) is 1. The third-order valence-electron chi connectivity index (χ3n) is 2.24. The molecule has 0 saturated heterocycles. The van der Waals surface area contributed by atoms with Gasteiger partial charge in [-0.15, -0.1) is 16.9 Å². The Labute approximate surface area is 118 Å². The average molecular weight is 297 g/mol. The molecular weight excluding hydrogens is 288 g/mol. The minimum Gasteiger partial charge on any atom is -0.476 e. The molecule has 0 saturated carbocycles. The number of hydrogen-bond donors (Lipinski definition) is 2. The van der Waals surface area contributed by atoms with E-state index >= 15 is 0 Å². The van der Waals surface area contributed by atoms with Crippen LogP contribution < -0.4 is 5.32 Å². The standard InChI is InChI=1S/C11H9ClN4O2S/c1-19-7-3-2-4-13-10(7)15-8-6(12)5-14-16-9(8)11(17)18/h2-5H,1H3,(H,17,18)(H,13,14,15). The van der Waals surface area contributed by atoms with Crippen LogP contribution in [0.25, 0.3) is 0 Å². The van der Waals surface area contributed by atoms with Crippen LogP contribution in [0.2, 0.25) is 5.02 Å². The van der Waals surface area contributed by atoms with Crippen LogP contribution in [-0.4, -0.2) is 32.5 Å². The lowest BCUT2D eigenvalue weighted by Crippen LogP contribution is -2.08. The van der Waals surface area contributed by atoms with Crippen LogP contribution in [-0.2, 0) is 0 Å². The summed E-state index contributed by atoms with van der Waals surface area (Å²) >= 11 is 7.44. The molecule has 8 heteroatoms. The topological polar surface area (TPSA) is 88.0 Å². The molecule has 98 valence electrons. The first-order valence-corrected chi connectivity index (χ1v) is 6.74. The zero-order chi connectivity index (χ0) is 13.8. The maximum absolute atomic E-state index is 11.1. The quantitative estimate of drug-likeness (QED) is 0.839. The molecule has 2 aromatic heterocycles. The smallest absolute Gasteiger partial charge is 0.358 e. The number of carboxylic acids is 1.